The average molecular weight is 255 g/mol. The maximum atomic E-state index is 13.1. The highest BCUT2D eigenvalue weighted by Crippen LogP contribution is 2.22. The van der Waals surface area contributed by atoms with Crippen molar-refractivity contribution in [3.8, 4) is 0 Å². The van der Waals surface area contributed by atoms with E-state index in [9.17, 15) is 9.18 Å². The van der Waals surface area contributed by atoms with Gasteiger partial charge in [-0.3, -0.25) is 9.78 Å². The number of rotatable bonds is 2. The third kappa shape index (κ3) is 2.12. The molecule has 3 nitrogen and oxygen atoms in total. The molecular weight excluding hydrogens is 245 g/mol. The molecule has 0 aliphatic rings. The van der Waals surface area contributed by atoms with Crippen molar-refractivity contribution in [1.29, 1.82) is 0 Å². The number of hydrogen-bond acceptors (Lipinski definition) is 3. The third-order valence-electron chi connectivity index (χ3n) is 2.88. The Morgan fingerprint density at radius 2 is 2.05 bits per heavy atom. The quantitative estimate of drug-likeness (QED) is 0.658. The topological polar surface area (TPSA) is 43.1 Å². The molecule has 0 fully saturated rings. The Bertz CT molecular complexity index is 759. The summed E-state index contributed by atoms with van der Waals surface area (Å²) < 4.78 is 18.5. The molecule has 0 aliphatic heterocycles. The van der Waals surface area contributed by atoms with Gasteiger partial charge in [-0.15, -0.1) is 0 Å². The monoisotopic (exact) mass is 255 g/mol. The van der Waals surface area contributed by atoms with Crippen LogP contribution in [0.5, 0.6) is 0 Å². The number of furan rings is 1. The smallest absolute Gasteiger partial charge is 0.229 e. The predicted octanol–water partition coefficient (Wildman–Crippen LogP) is 3.51. The molecule has 0 saturated carbocycles. The van der Waals surface area contributed by atoms with Gasteiger partial charge in [-0.2, -0.15) is 0 Å². The van der Waals surface area contributed by atoms with Crippen molar-refractivity contribution >= 4 is 16.8 Å². The summed E-state index contributed by atoms with van der Waals surface area (Å²) in [6.07, 6.45) is 1.51. The Hall–Kier alpha value is -2.49. The highest BCUT2D eigenvalue weighted by Gasteiger charge is 2.15. The Morgan fingerprint density at radius 3 is 2.79 bits per heavy atom. The second kappa shape index (κ2) is 4.31. The van der Waals surface area contributed by atoms with Crippen LogP contribution in [0.3, 0.4) is 0 Å². The molecule has 2 heterocycles. The number of fused-ring (bicyclic) bond motifs is 1. The van der Waals surface area contributed by atoms with Crippen molar-refractivity contribution in [1.82, 2.24) is 4.98 Å². The van der Waals surface area contributed by atoms with E-state index >= 15 is 0 Å². The van der Waals surface area contributed by atoms with Gasteiger partial charge in [-0.1, -0.05) is 0 Å². The van der Waals surface area contributed by atoms with E-state index in [1.807, 2.05) is 6.92 Å². The Morgan fingerprint density at radius 1 is 1.21 bits per heavy atom. The molecule has 3 rings (SSSR count). The van der Waals surface area contributed by atoms with Gasteiger partial charge in [0.25, 0.3) is 0 Å². The maximum absolute atomic E-state index is 13.1. The number of hydrogen-bond donors (Lipinski definition) is 0. The van der Waals surface area contributed by atoms with Gasteiger partial charge in [0.15, 0.2) is 5.76 Å². The van der Waals surface area contributed by atoms with Crippen LogP contribution in [0.25, 0.3) is 11.0 Å². The Labute approximate surface area is 108 Å². The van der Waals surface area contributed by atoms with E-state index in [0.717, 1.165) is 5.69 Å². The first kappa shape index (κ1) is 11.6. The zero-order valence-corrected chi connectivity index (χ0v) is 10.2. The standard InChI is InChI=1S/C15H10FNO2/c1-9-2-3-10(8-17-9)15(18)14-7-11-6-12(16)4-5-13(11)19-14/h2-8H,1H3. The van der Waals surface area contributed by atoms with Crippen molar-refractivity contribution in [2.45, 2.75) is 6.92 Å². The highest BCUT2D eigenvalue weighted by molar-refractivity contribution is 6.08. The molecule has 3 aromatic rings. The fraction of sp³-hybridized carbons (Fsp3) is 0.0667. The number of ketones is 1. The summed E-state index contributed by atoms with van der Waals surface area (Å²) in [5.74, 6) is -0.431. The van der Waals surface area contributed by atoms with E-state index in [1.54, 1.807) is 18.2 Å². The summed E-state index contributed by atoms with van der Waals surface area (Å²) in [4.78, 5) is 16.3. The van der Waals surface area contributed by atoms with Crippen LogP contribution in [-0.4, -0.2) is 10.8 Å². The number of aromatic nitrogens is 1. The summed E-state index contributed by atoms with van der Waals surface area (Å²) in [6, 6.07) is 9.14. The minimum absolute atomic E-state index is 0.186. The van der Waals surface area contributed by atoms with Crippen molar-refractivity contribution in [3.63, 3.8) is 0 Å². The number of aryl methyl sites for hydroxylation is 1. The van der Waals surface area contributed by atoms with E-state index < -0.39 is 0 Å². The van der Waals surface area contributed by atoms with Gasteiger partial charge in [-0.25, -0.2) is 4.39 Å². The predicted molar refractivity (Wildman–Crippen MR) is 68.6 cm³/mol. The van der Waals surface area contributed by atoms with Gasteiger partial charge in [0.05, 0.1) is 0 Å². The lowest BCUT2D eigenvalue weighted by Crippen LogP contribution is -2.00. The number of pyridine rings is 1. The third-order valence-corrected chi connectivity index (χ3v) is 2.88. The fourth-order valence-electron chi connectivity index (χ4n) is 1.87. The first-order valence-electron chi connectivity index (χ1n) is 5.80. The van der Waals surface area contributed by atoms with Crippen LogP contribution in [0.1, 0.15) is 21.8 Å². The molecule has 0 amide bonds. The molecule has 2 aromatic heterocycles. The Balaban J connectivity index is 2.04. The van der Waals surface area contributed by atoms with Crippen LogP contribution in [-0.2, 0) is 0 Å². The number of benzene rings is 1. The highest BCUT2D eigenvalue weighted by atomic mass is 19.1. The number of carbonyl (C=O) groups excluding carboxylic acids is 1. The zero-order chi connectivity index (χ0) is 13.4. The van der Waals surface area contributed by atoms with Gasteiger partial charge < -0.3 is 4.42 Å². The van der Waals surface area contributed by atoms with Crippen LogP contribution >= 0.6 is 0 Å². The van der Waals surface area contributed by atoms with Gasteiger partial charge >= 0.3 is 0 Å². The van der Waals surface area contributed by atoms with Crippen molar-refractivity contribution in [2.75, 3.05) is 0 Å². The van der Waals surface area contributed by atoms with Gasteiger partial charge in [0.2, 0.25) is 5.78 Å². The summed E-state index contributed by atoms with van der Waals surface area (Å²) in [6.45, 7) is 1.85. The van der Waals surface area contributed by atoms with Crippen LogP contribution in [0, 0.1) is 12.7 Å². The number of carbonyl (C=O) groups is 1. The molecule has 0 spiro atoms. The molecule has 0 bridgehead atoms. The minimum Gasteiger partial charge on any atom is -0.453 e. The van der Waals surface area contributed by atoms with E-state index in [-0.39, 0.29) is 17.4 Å². The number of nitrogens with zero attached hydrogens (tertiary/aromatic N) is 1. The van der Waals surface area contributed by atoms with Crippen LogP contribution in [0.4, 0.5) is 4.39 Å². The van der Waals surface area contributed by atoms with Gasteiger partial charge in [0, 0.05) is 22.8 Å². The molecule has 94 valence electrons. The summed E-state index contributed by atoms with van der Waals surface area (Å²) in [5, 5.41) is 0.573. The number of halogens is 1. The molecule has 0 aliphatic carbocycles. The molecule has 0 unspecified atom stereocenters. The normalized spacial score (nSPS) is 10.8. The Kier molecular flexibility index (Phi) is 2.63. The summed E-state index contributed by atoms with van der Waals surface area (Å²) >= 11 is 0. The van der Waals surface area contributed by atoms with E-state index in [2.05, 4.69) is 4.98 Å². The fourth-order valence-corrected chi connectivity index (χ4v) is 1.87. The summed E-state index contributed by atoms with van der Waals surface area (Å²) in [5.41, 5.74) is 1.78. The van der Waals surface area contributed by atoms with Crippen molar-refractivity contribution in [2.24, 2.45) is 0 Å². The SMILES string of the molecule is Cc1ccc(C(=O)c2cc3cc(F)ccc3o2)cn1. The van der Waals surface area contributed by atoms with Crippen LogP contribution in [0.2, 0.25) is 0 Å². The molecule has 19 heavy (non-hydrogen) atoms. The minimum atomic E-state index is -0.357. The largest absolute Gasteiger partial charge is 0.453 e. The van der Waals surface area contributed by atoms with E-state index in [1.165, 1.54) is 24.4 Å². The molecule has 0 atom stereocenters. The lowest BCUT2D eigenvalue weighted by Gasteiger charge is -1.97. The van der Waals surface area contributed by atoms with Crippen molar-refractivity contribution in [3.05, 3.63) is 65.4 Å². The molecule has 4 heteroatoms. The molecular formula is C15H10FNO2. The molecule has 0 radical (unpaired) electrons. The molecule has 0 saturated heterocycles. The van der Waals surface area contributed by atoms with Crippen molar-refractivity contribution < 1.29 is 13.6 Å². The maximum Gasteiger partial charge on any atom is 0.229 e. The van der Waals surface area contributed by atoms with Gasteiger partial charge in [0.1, 0.15) is 11.4 Å². The molecule has 0 N–H and O–H groups in total. The summed E-state index contributed by atoms with van der Waals surface area (Å²) in [7, 11) is 0. The zero-order valence-electron chi connectivity index (χ0n) is 10.2. The second-order valence-electron chi connectivity index (χ2n) is 4.31. The second-order valence-corrected chi connectivity index (χ2v) is 4.31. The first-order chi connectivity index (χ1) is 9.13. The average Bonchev–Trinajstić information content (AvgIpc) is 2.81. The lowest BCUT2D eigenvalue weighted by atomic mass is 10.1. The molecule has 1 aromatic carbocycles. The van der Waals surface area contributed by atoms with E-state index in [4.69, 9.17) is 4.42 Å². The van der Waals surface area contributed by atoms with Crippen LogP contribution in [0.15, 0.2) is 47.0 Å². The van der Waals surface area contributed by atoms with E-state index in [0.29, 0.717) is 16.5 Å². The first-order valence-corrected chi connectivity index (χ1v) is 5.80. The van der Waals surface area contributed by atoms with Gasteiger partial charge in [-0.05, 0) is 43.3 Å². The lowest BCUT2D eigenvalue weighted by molar-refractivity contribution is 0.101. The van der Waals surface area contributed by atoms with Crippen LogP contribution < -0.4 is 0 Å².